The molecule has 1 atom stereocenters. The Kier molecular flexibility index (Phi) is 3.67. The number of likely N-dealkylation sites (N-methyl/N-ethyl adjacent to an activating group) is 1. The lowest BCUT2D eigenvalue weighted by Gasteiger charge is -2.26. The molecule has 0 aromatic heterocycles. The van der Waals surface area contributed by atoms with Crippen LogP contribution in [0.1, 0.15) is 19.8 Å². The summed E-state index contributed by atoms with van der Waals surface area (Å²) in [6.45, 7) is 5.08. The Morgan fingerprint density at radius 2 is 2.12 bits per heavy atom. The van der Waals surface area contributed by atoms with E-state index in [9.17, 15) is 0 Å². The van der Waals surface area contributed by atoms with Crippen molar-refractivity contribution in [2.75, 3.05) is 30.3 Å². The van der Waals surface area contributed by atoms with Gasteiger partial charge in [-0.25, -0.2) is 0 Å². The van der Waals surface area contributed by atoms with Crippen molar-refractivity contribution in [3.8, 4) is 0 Å². The second-order valence-corrected chi connectivity index (χ2v) is 4.27. The fourth-order valence-electron chi connectivity index (χ4n) is 2.14. The average molecular weight is 220 g/mol. The molecule has 88 valence electrons. The van der Waals surface area contributed by atoms with Crippen LogP contribution in [0.5, 0.6) is 0 Å². The van der Waals surface area contributed by atoms with E-state index >= 15 is 0 Å². The maximum absolute atomic E-state index is 5.69. The van der Waals surface area contributed by atoms with E-state index in [1.807, 2.05) is 12.1 Å². The molecule has 0 amide bonds. The van der Waals surface area contributed by atoms with Crippen LogP contribution in [-0.4, -0.2) is 25.8 Å². The lowest BCUT2D eigenvalue weighted by molar-refractivity contribution is 0.115. The molecule has 1 aliphatic heterocycles. The number of nitrogens with two attached hydrogens (primary N) is 1. The highest BCUT2D eigenvalue weighted by atomic mass is 16.5. The zero-order valence-electron chi connectivity index (χ0n) is 9.86. The van der Waals surface area contributed by atoms with Gasteiger partial charge in [0.2, 0.25) is 0 Å². The van der Waals surface area contributed by atoms with Crippen LogP contribution in [0.4, 0.5) is 11.4 Å². The number of ether oxygens (including phenoxy) is 1. The average Bonchev–Trinajstić information content (AvgIpc) is 2.80. The number of nitrogen functional groups attached to an aromatic ring is 1. The second-order valence-electron chi connectivity index (χ2n) is 4.27. The Hall–Kier alpha value is -1.22. The van der Waals surface area contributed by atoms with E-state index in [1.54, 1.807) is 0 Å². The highest BCUT2D eigenvalue weighted by molar-refractivity contribution is 5.53. The molecule has 1 aliphatic rings. The van der Waals surface area contributed by atoms with Crippen molar-refractivity contribution < 1.29 is 4.74 Å². The van der Waals surface area contributed by atoms with Gasteiger partial charge in [-0.3, -0.25) is 0 Å². The molecule has 1 aromatic carbocycles. The lowest BCUT2D eigenvalue weighted by atomic mass is 10.2. The molecular weight excluding hydrogens is 200 g/mol. The topological polar surface area (TPSA) is 38.5 Å². The fraction of sp³-hybridized carbons (Fsp3) is 0.538. The Bertz CT molecular complexity index is 317. The predicted octanol–water partition coefficient (Wildman–Crippen LogP) is 2.27. The van der Waals surface area contributed by atoms with Crippen LogP contribution in [0.3, 0.4) is 0 Å². The van der Waals surface area contributed by atoms with Gasteiger partial charge < -0.3 is 15.4 Å². The van der Waals surface area contributed by atoms with E-state index in [-0.39, 0.29) is 0 Å². The van der Waals surface area contributed by atoms with Crippen LogP contribution < -0.4 is 10.6 Å². The van der Waals surface area contributed by atoms with Gasteiger partial charge in [-0.2, -0.15) is 0 Å². The number of hydrogen-bond acceptors (Lipinski definition) is 3. The predicted molar refractivity (Wildman–Crippen MR) is 67.7 cm³/mol. The van der Waals surface area contributed by atoms with E-state index in [0.717, 1.165) is 25.4 Å². The Morgan fingerprint density at radius 3 is 2.69 bits per heavy atom. The van der Waals surface area contributed by atoms with Gasteiger partial charge >= 0.3 is 0 Å². The third-order valence-corrected chi connectivity index (χ3v) is 3.09. The van der Waals surface area contributed by atoms with Crippen molar-refractivity contribution >= 4 is 11.4 Å². The van der Waals surface area contributed by atoms with Crippen LogP contribution in [0.2, 0.25) is 0 Å². The molecule has 1 aromatic rings. The Morgan fingerprint density at radius 1 is 1.38 bits per heavy atom. The first-order chi connectivity index (χ1) is 7.79. The Balaban J connectivity index is 2.00. The molecule has 0 saturated carbocycles. The minimum atomic E-state index is 0.400. The van der Waals surface area contributed by atoms with E-state index in [1.165, 1.54) is 18.5 Å². The maximum Gasteiger partial charge on any atom is 0.0750 e. The minimum absolute atomic E-state index is 0.400. The zero-order chi connectivity index (χ0) is 11.4. The number of rotatable bonds is 4. The van der Waals surface area contributed by atoms with Gasteiger partial charge in [0.25, 0.3) is 0 Å². The van der Waals surface area contributed by atoms with Crippen LogP contribution in [0.15, 0.2) is 24.3 Å². The molecule has 3 heteroatoms. The standard InChI is InChI=1S/C13H20N2O/c1-2-15(10-13-4-3-9-16-13)12-7-5-11(14)6-8-12/h5-8,13H,2-4,9-10,14H2,1H3. The summed E-state index contributed by atoms with van der Waals surface area (Å²) in [6, 6.07) is 8.06. The van der Waals surface area contributed by atoms with Crippen molar-refractivity contribution in [3.63, 3.8) is 0 Å². The van der Waals surface area contributed by atoms with Crippen LogP contribution >= 0.6 is 0 Å². The van der Waals surface area contributed by atoms with Gasteiger partial charge in [0.05, 0.1) is 6.10 Å². The van der Waals surface area contributed by atoms with Gasteiger partial charge in [-0.15, -0.1) is 0 Å². The number of hydrogen-bond donors (Lipinski definition) is 1. The Labute approximate surface area is 97.2 Å². The van der Waals surface area contributed by atoms with Gasteiger partial charge in [0.15, 0.2) is 0 Å². The normalized spacial score (nSPS) is 19.9. The molecule has 2 N–H and O–H groups in total. The zero-order valence-corrected chi connectivity index (χ0v) is 9.86. The first kappa shape index (κ1) is 11.3. The summed E-state index contributed by atoms with van der Waals surface area (Å²) in [6.07, 6.45) is 2.78. The quantitative estimate of drug-likeness (QED) is 0.791. The molecule has 0 aliphatic carbocycles. The van der Waals surface area contributed by atoms with Gasteiger partial charge in [0.1, 0.15) is 0 Å². The van der Waals surface area contributed by atoms with Crippen LogP contribution in [-0.2, 0) is 4.74 Å². The summed E-state index contributed by atoms with van der Waals surface area (Å²) in [5.74, 6) is 0. The highest BCUT2D eigenvalue weighted by Crippen LogP contribution is 2.20. The molecular formula is C13H20N2O. The van der Waals surface area contributed by atoms with Crippen LogP contribution in [0.25, 0.3) is 0 Å². The lowest BCUT2D eigenvalue weighted by Crippen LogP contribution is -2.31. The van der Waals surface area contributed by atoms with Crippen molar-refractivity contribution in [2.45, 2.75) is 25.9 Å². The molecule has 1 heterocycles. The highest BCUT2D eigenvalue weighted by Gasteiger charge is 2.18. The number of nitrogens with zero attached hydrogens (tertiary/aromatic N) is 1. The number of benzene rings is 1. The van der Waals surface area contributed by atoms with Crippen molar-refractivity contribution in [1.29, 1.82) is 0 Å². The van der Waals surface area contributed by atoms with E-state index in [4.69, 9.17) is 10.5 Å². The van der Waals surface area contributed by atoms with Gasteiger partial charge in [-0.1, -0.05) is 0 Å². The van der Waals surface area contributed by atoms with Gasteiger partial charge in [-0.05, 0) is 44.0 Å². The molecule has 0 radical (unpaired) electrons. The summed E-state index contributed by atoms with van der Waals surface area (Å²) in [5.41, 5.74) is 7.73. The fourth-order valence-corrected chi connectivity index (χ4v) is 2.14. The maximum atomic E-state index is 5.69. The molecule has 16 heavy (non-hydrogen) atoms. The largest absolute Gasteiger partial charge is 0.399 e. The third-order valence-electron chi connectivity index (χ3n) is 3.09. The number of anilines is 2. The first-order valence-corrected chi connectivity index (χ1v) is 6.01. The molecule has 1 unspecified atom stereocenters. The molecule has 0 spiro atoms. The van der Waals surface area contributed by atoms with Crippen molar-refractivity contribution in [1.82, 2.24) is 0 Å². The molecule has 1 saturated heterocycles. The molecule has 2 rings (SSSR count). The summed E-state index contributed by atoms with van der Waals surface area (Å²) in [5, 5.41) is 0. The summed E-state index contributed by atoms with van der Waals surface area (Å²) < 4.78 is 5.66. The van der Waals surface area contributed by atoms with E-state index in [2.05, 4.69) is 24.0 Å². The monoisotopic (exact) mass is 220 g/mol. The van der Waals surface area contributed by atoms with E-state index in [0.29, 0.717) is 6.10 Å². The summed E-state index contributed by atoms with van der Waals surface area (Å²) in [7, 11) is 0. The molecule has 3 nitrogen and oxygen atoms in total. The molecule has 1 fully saturated rings. The SMILES string of the molecule is CCN(CC1CCCO1)c1ccc(N)cc1. The minimum Gasteiger partial charge on any atom is -0.399 e. The first-order valence-electron chi connectivity index (χ1n) is 6.01. The van der Waals surface area contributed by atoms with Gasteiger partial charge in [0, 0.05) is 31.1 Å². The van der Waals surface area contributed by atoms with Crippen LogP contribution in [0, 0.1) is 0 Å². The third kappa shape index (κ3) is 2.67. The van der Waals surface area contributed by atoms with Crippen molar-refractivity contribution in [3.05, 3.63) is 24.3 Å². The molecule has 0 bridgehead atoms. The second kappa shape index (κ2) is 5.21. The summed E-state index contributed by atoms with van der Waals surface area (Å²) >= 11 is 0. The smallest absolute Gasteiger partial charge is 0.0750 e. The van der Waals surface area contributed by atoms with E-state index < -0.39 is 0 Å². The summed E-state index contributed by atoms with van der Waals surface area (Å²) in [4.78, 5) is 2.34. The van der Waals surface area contributed by atoms with Crippen molar-refractivity contribution in [2.24, 2.45) is 0 Å².